The molecule has 5 rings (SSSR count). The summed E-state index contributed by atoms with van der Waals surface area (Å²) in [4.78, 5) is 29.1. The highest BCUT2D eigenvalue weighted by atomic mass is 32.2. The highest BCUT2D eigenvalue weighted by Crippen LogP contribution is 2.39. The number of anilines is 2. The molecule has 2 aromatic carbocycles. The Hall–Kier alpha value is -3.43. The van der Waals surface area contributed by atoms with Crippen molar-refractivity contribution in [3.63, 3.8) is 0 Å². The Morgan fingerprint density at radius 1 is 1.00 bits per heavy atom. The Kier molecular flexibility index (Phi) is 5.53. The standard InChI is InChI=1S/C25H25N3O5S/c1-16-15-27(25(30)24-4-3-13-33-24)23-14-19(7-12-22(23)28(16)17(2)29)18-5-10-21(11-6-18)34(31,32)26-20-8-9-20/h3-7,10-14,16,20,26H,8-9,15H2,1-2H3. The molecule has 0 saturated heterocycles. The number of carbonyl (C=O) groups excluding carboxylic acids is 2. The minimum Gasteiger partial charge on any atom is -0.459 e. The minimum absolute atomic E-state index is 0.0367. The highest BCUT2D eigenvalue weighted by Gasteiger charge is 2.35. The second kappa shape index (κ2) is 8.41. The number of nitrogens with one attached hydrogen (secondary N) is 1. The molecule has 1 unspecified atom stereocenters. The van der Waals surface area contributed by atoms with Crippen LogP contribution < -0.4 is 14.5 Å². The van der Waals surface area contributed by atoms with Crippen molar-refractivity contribution in [2.24, 2.45) is 0 Å². The number of sulfonamides is 1. The molecule has 0 bridgehead atoms. The Morgan fingerprint density at radius 2 is 1.71 bits per heavy atom. The third kappa shape index (κ3) is 4.12. The monoisotopic (exact) mass is 479 g/mol. The van der Waals surface area contributed by atoms with Crippen molar-refractivity contribution in [3.8, 4) is 11.1 Å². The maximum Gasteiger partial charge on any atom is 0.294 e. The molecule has 1 aliphatic heterocycles. The third-order valence-corrected chi connectivity index (χ3v) is 7.66. The summed E-state index contributed by atoms with van der Waals surface area (Å²) in [6, 6.07) is 15.3. The predicted molar refractivity (Wildman–Crippen MR) is 128 cm³/mol. The molecular weight excluding hydrogens is 454 g/mol. The molecular formula is C25H25N3O5S. The van der Waals surface area contributed by atoms with Crippen molar-refractivity contribution in [2.45, 2.75) is 43.7 Å². The van der Waals surface area contributed by atoms with Gasteiger partial charge in [0.25, 0.3) is 5.91 Å². The van der Waals surface area contributed by atoms with Gasteiger partial charge >= 0.3 is 0 Å². The largest absolute Gasteiger partial charge is 0.459 e. The number of benzene rings is 2. The fourth-order valence-corrected chi connectivity index (χ4v) is 5.63. The zero-order valence-corrected chi connectivity index (χ0v) is 19.7. The Morgan fingerprint density at radius 3 is 2.32 bits per heavy atom. The van der Waals surface area contributed by atoms with Gasteiger partial charge in [-0.1, -0.05) is 18.2 Å². The van der Waals surface area contributed by atoms with Crippen LogP contribution in [0.5, 0.6) is 0 Å². The van der Waals surface area contributed by atoms with Gasteiger partial charge < -0.3 is 14.2 Å². The zero-order chi connectivity index (χ0) is 24.0. The van der Waals surface area contributed by atoms with Gasteiger partial charge in [-0.2, -0.15) is 0 Å². The van der Waals surface area contributed by atoms with Crippen LogP contribution in [0.4, 0.5) is 11.4 Å². The molecule has 1 fully saturated rings. The smallest absolute Gasteiger partial charge is 0.294 e. The van der Waals surface area contributed by atoms with Crippen molar-refractivity contribution in [3.05, 3.63) is 66.6 Å². The van der Waals surface area contributed by atoms with E-state index < -0.39 is 10.0 Å². The van der Waals surface area contributed by atoms with Gasteiger partial charge in [0.15, 0.2) is 5.76 Å². The van der Waals surface area contributed by atoms with E-state index in [2.05, 4.69) is 4.72 Å². The normalized spacial score (nSPS) is 18.0. The molecule has 2 aliphatic rings. The minimum atomic E-state index is -3.54. The fraction of sp³-hybridized carbons (Fsp3) is 0.280. The quantitative estimate of drug-likeness (QED) is 0.600. The number of fused-ring (bicyclic) bond motifs is 1. The number of nitrogens with zero attached hydrogens (tertiary/aromatic N) is 2. The van der Waals surface area contributed by atoms with Crippen LogP contribution in [0.1, 0.15) is 37.2 Å². The van der Waals surface area contributed by atoms with E-state index in [9.17, 15) is 18.0 Å². The first-order valence-electron chi connectivity index (χ1n) is 11.2. The number of furan rings is 1. The summed E-state index contributed by atoms with van der Waals surface area (Å²) in [5.74, 6) is -0.173. The van der Waals surface area contributed by atoms with Crippen LogP contribution in [0.3, 0.4) is 0 Å². The molecule has 2 amide bonds. The van der Waals surface area contributed by atoms with Gasteiger partial charge in [-0.3, -0.25) is 9.59 Å². The topological polar surface area (TPSA) is 99.9 Å². The summed E-state index contributed by atoms with van der Waals surface area (Å²) in [5, 5.41) is 0. The van der Waals surface area contributed by atoms with Crippen LogP contribution in [-0.4, -0.2) is 38.9 Å². The van der Waals surface area contributed by atoms with E-state index in [0.717, 1.165) is 24.0 Å². The molecule has 1 saturated carbocycles. The molecule has 34 heavy (non-hydrogen) atoms. The highest BCUT2D eigenvalue weighted by molar-refractivity contribution is 7.89. The Balaban J connectivity index is 1.52. The predicted octanol–water partition coefficient (Wildman–Crippen LogP) is 3.79. The Labute approximate surface area is 198 Å². The van der Waals surface area contributed by atoms with E-state index in [1.807, 2.05) is 25.1 Å². The summed E-state index contributed by atoms with van der Waals surface area (Å²) in [6.07, 6.45) is 3.19. The van der Waals surface area contributed by atoms with Gasteiger partial charge in [0.05, 0.1) is 28.6 Å². The van der Waals surface area contributed by atoms with E-state index in [-0.39, 0.29) is 34.6 Å². The number of hydrogen-bond acceptors (Lipinski definition) is 5. The summed E-state index contributed by atoms with van der Waals surface area (Å²) in [5.41, 5.74) is 2.83. The van der Waals surface area contributed by atoms with Crippen molar-refractivity contribution >= 4 is 33.2 Å². The molecule has 3 aromatic rings. The van der Waals surface area contributed by atoms with E-state index in [1.54, 1.807) is 46.2 Å². The van der Waals surface area contributed by atoms with Crippen LogP contribution in [0.25, 0.3) is 11.1 Å². The van der Waals surface area contributed by atoms with E-state index in [4.69, 9.17) is 4.42 Å². The lowest BCUT2D eigenvalue weighted by Crippen LogP contribution is -2.51. The van der Waals surface area contributed by atoms with Gasteiger partial charge in [0.2, 0.25) is 15.9 Å². The summed E-state index contributed by atoms with van der Waals surface area (Å²) < 4.78 is 33.0. The first kappa shape index (κ1) is 22.4. The van der Waals surface area contributed by atoms with Crippen LogP contribution in [0, 0.1) is 0 Å². The van der Waals surface area contributed by atoms with Crippen LogP contribution in [0.15, 0.2) is 70.2 Å². The van der Waals surface area contributed by atoms with Gasteiger partial charge in [-0.05, 0) is 67.3 Å². The first-order chi connectivity index (χ1) is 16.2. The molecule has 1 aliphatic carbocycles. The second-order valence-corrected chi connectivity index (χ2v) is 10.5. The van der Waals surface area contributed by atoms with Crippen LogP contribution in [-0.2, 0) is 14.8 Å². The Bertz CT molecular complexity index is 1350. The number of amides is 2. The average Bonchev–Trinajstić information content (AvgIpc) is 3.44. The maximum absolute atomic E-state index is 13.2. The lowest BCUT2D eigenvalue weighted by molar-refractivity contribution is -0.117. The molecule has 0 spiro atoms. The molecule has 9 heteroatoms. The molecule has 176 valence electrons. The van der Waals surface area contributed by atoms with Crippen molar-refractivity contribution in [1.82, 2.24) is 4.72 Å². The molecule has 8 nitrogen and oxygen atoms in total. The summed E-state index contributed by atoms with van der Waals surface area (Å²) in [6.45, 7) is 3.72. The SMILES string of the molecule is CC(=O)N1c2ccc(-c3ccc(S(=O)(=O)NC4CC4)cc3)cc2N(C(=O)c2ccco2)CC1C. The van der Waals surface area contributed by atoms with Gasteiger partial charge in [-0.15, -0.1) is 0 Å². The molecule has 0 radical (unpaired) electrons. The van der Waals surface area contributed by atoms with Crippen LogP contribution >= 0.6 is 0 Å². The summed E-state index contributed by atoms with van der Waals surface area (Å²) in [7, 11) is -3.54. The lowest BCUT2D eigenvalue weighted by atomic mass is 10.0. The van der Waals surface area contributed by atoms with Gasteiger partial charge in [0.1, 0.15) is 0 Å². The van der Waals surface area contributed by atoms with Crippen molar-refractivity contribution in [1.29, 1.82) is 0 Å². The van der Waals surface area contributed by atoms with E-state index in [0.29, 0.717) is 17.9 Å². The average molecular weight is 480 g/mol. The summed E-state index contributed by atoms with van der Waals surface area (Å²) >= 11 is 0. The molecule has 1 aromatic heterocycles. The second-order valence-electron chi connectivity index (χ2n) is 8.75. The zero-order valence-electron chi connectivity index (χ0n) is 18.9. The lowest BCUT2D eigenvalue weighted by Gasteiger charge is -2.40. The van der Waals surface area contributed by atoms with Crippen LogP contribution in [0.2, 0.25) is 0 Å². The number of carbonyl (C=O) groups is 2. The fourth-order valence-electron chi connectivity index (χ4n) is 4.33. The molecule has 1 N–H and O–H groups in total. The van der Waals surface area contributed by atoms with E-state index in [1.165, 1.54) is 13.2 Å². The number of hydrogen-bond donors (Lipinski definition) is 1. The number of rotatable bonds is 5. The van der Waals surface area contributed by atoms with Gasteiger partial charge in [0, 0.05) is 19.5 Å². The van der Waals surface area contributed by atoms with Crippen molar-refractivity contribution < 1.29 is 22.4 Å². The third-order valence-electron chi connectivity index (χ3n) is 6.13. The maximum atomic E-state index is 13.2. The first-order valence-corrected chi connectivity index (χ1v) is 12.6. The van der Waals surface area contributed by atoms with Gasteiger partial charge in [-0.25, -0.2) is 13.1 Å². The molecule has 2 heterocycles. The van der Waals surface area contributed by atoms with E-state index >= 15 is 0 Å². The van der Waals surface area contributed by atoms with Crippen molar-refractivity contribution in [2.75, 3.05) is 16.3 Å². The molecule has 1 atom stereocenters.